The third-order valence-corrected chi connectivity index (χ3v) is 6.35. The van der Waals surface area contributed by atoms with Crippen molar-refractivity contribution in [2.45, 2.75) is 38.6 Å². The molecule has 2 aromatic carbocycles. The van der Waals surface area contributed by atoms with Gasteiger partial charge >= 0.3 is 0 Å². The molecule has 0 aliphatic heterocycles. The molecule has 0 amide bonds. The van der Waals surface area contributed by atoms with Gasteiger partial charge in [-0.3, -0.25) is 9.67 Å². The van der Waals surface area contributed by atoms with Crippen molar-refractivity contribution < 1.29 is 9.47 Å². The van der Waals surface area contributed by atoms with E-state index in [1.54, 1.807) is 25.1 Å². The zero-order chi connectivity index (χ0) is 24.3. The summed E-state index contributed by atoms with van der Waals surface area (Å²) in [5.74, 6) is 1.55. The molecule has 1 N–H and O–H groups in total. The molecule has 4 rings (SSSR count). The molecule has 178 valence electrons. The van der Waals surface area contributed by atoms with Gasteiger partial charge in [-0.2, -0.15) is 5.10 Å². The normalized spacial score (nSPS) is 13.3. The molecule has 1 unspecified atom stereocenters. The Balaban J connectivity index is 1.82. The number of methoxy groups -OCH3 is 2. The fraction of sp³-hybridized carbons (Fsp3) is 0.370. The van der Waals surface area contributed by atoms with Crippen LogP contribution in [0.3, 0.4) is 0 Å². The molecule has 0 aliphatic carbocycles. The fourth-order valence-electron chi connectivity index (χ4n) is 4.24. The van der Waals surface area contributed by atoms with Crippen LogP contribution in [-0.2, 0) is 12.5 Å². The van der Waals surface area contributed by atoms with Crippen LogP contribution in [-0.4, -0.2) is 46.6 Å². The number of nitrogens with one attached hydrogen (secondary N) is 1. The predicted molar refractivity (Wildman–Crippen MR) is 135 cm³/mol. The summed E-state index contributed by atoms with van der Waals surface area (Å²) in [6.07, 6.45) is 6.45. The van der Waals surface area contributed by atoms with Crippen molar-refractivity contribution in [2.75, 3.05) is 20.8 Å². The number of hydrogen-bond donors (Lipinski definition) is 1. The third kappa shape index (κ3) is 4.89. The summed E-state index contributed by atoms with van der Waals surface area (Å²) in [5.41, 5.74) is 5.47. The van der Waals surface area contributed by atoms with Gasteiger partial charge in [0.05, 0.1) is 43.3 Å². The molecule has 4 aromatic rings. The highest BCUT2D eigenvalue weighted by atomic mass is 16.5. The highest BCUT2D eigenvalue weighted by molar-refractivity contribution is 5.78. The van der Waals surface area contributed by atoms with E-state index in [4.69, 9.17) is 14.5 Å². The molecule has 7 heteroatoms. The molecule has 7 nitrogen and oxygen atoms in total. The Kier molecular flexibility index (Phi) is 6.84. The lowest BCUT2D eigenvalue weighted by molar-refractivity contribution is 0.389. The Bertz CT molecular complexity index is 1260. The van der Waals surface area contributed by atoms with E-state index < -0.39 is 0 Å². The Morgan fingerprint density at radius 1 is 0.971 bits per heavy atom. The van der Waals surface area contributed by atoms with E-state index in [9.17, 15) is 0 Å². The smallest absolute Gasteiger partial charge is 0.122 e. The minimum Gasteiger partial charge on any atom is -0.497 e. The van der Waals surface area contributed by atoms with Gasteiger partial charge in [0, 0.05) is 36.3 Å². The zero-order valence-corrected chi connectivity index (χ0v) is 20.8. The van der Waals surface area contributed by atoms with E-state index in [0.717, 1.165) is 52.3 Å². The first-order valence-corrected chi connectivity index (χ1v) is 11.6. The SMILES string of the molecule is COc1cc(OC)cc(C(C)(CCNC(C)C)c2ccc3ncc(-c4cnn(C)c4)nc3c2)c1. The molecule has 2 aromatic heterocycles. The molecule has 0 spiro atoms. The number of hydrogen-bond acceptors (Lipinski definition) is 6. The number of fused-ring (bicyclic) bond motifs is 1. The Labute approximate surface area is 201 Å². The molecule has 1 atom stereocenters. The molecule has 0 bridgehead atoms. The van der Waals surface area contributed by atoms with E-state index in [1.807, 2.05) is 25.5 Å². The van der Waals surface area contributed by atoms with Crippen LogP contribution in [0.1, 0.15) is 38.3 Å². The number of ether oxygens (including phenoxy) is 2. The summed E-state index contributed by atoms with van der Waals surface area (Å²) in [6.45, 7) is 7.46. The second-order valence-corrected chi connectivity index (χ2v) is 9.15. The number of nitrogens with zero attached hydrogens (tertiary/aromatic N) is 4. The van der Waals surface area contributed by atoms with Crippen molar-refractivity contribution in [2.24, 2.45) is 7.05 Å². The van der Waals surface area contributed by atoms with Crippen LogP contribution >= 0.6 is 0 Å². The van der Waals surface area contributed by atoms with E-state index in [0.29, 0.717) is 6.04 Å². The van der Waals surface area contributed by atoms with Gasteiger partial charge in [0.25, 0.3) is 0 Å². The first-order valence-electron chi connectivity index (χ1n) is 11.6. The molecule has 0 fully saturated rings. The summed E-state index contributed by atoms with van der Waals surface area (Å²) >= 11 is 0. The van der Waals surface area contributed by atoms with Gasteiger partial charge in [0.1, 0.15) is 11.5 Å². The first-order chi connectivity index (χ1) is 16.3. The largest absolute Gasteiger partial charge is 0.497 e. The van der Waals surface area contributed by atoms with Gasteiger partial charge in [0.15, 0.2) is 0 Å². The minimum atomic E-state index is -0.302. The van der Waals surface area contributed by atoms with Gasteiger partial charge in [-0.1, -0.05) is 26.8 Å². The van der Waals surface area contributed by atoms with E-state index in [2.05, 4.69) is 66.5 Å². The molecular weight excluding hydrogens is 426 g/mol. The van der Waals surface area contributed by atoms with Crippen molar-refractivity contribution in [3.05, 3.63) is 66.1 Å². The molecular formula is C27H33N5O2. The lowest BCUT2D eigenvalue weighted by Crippen LogP contribution is -2.32. The quantitative estimate of drug-likeness (QED) is 0.390. The van der Waals surface area contributed by atoms with Gasteiger partial charge in [-0.25, -0.2) is 4.98 Å². The molecule has 0 aliphatic rings. The standard InChI is InChI=1S/C27H33N5O2/c1-18(2)28-10-9-27(3,21-11-22(33-5)14-23(12-21)34-6)20-7-8-24-25(13-20)31-26(16-29-24)19-15-30-32(4)17-19/h7-8,11-18,28H,9-10H2,1-6H3. The lowest BCUT2D eigenvalue weighted by atomic mass is 9.73. The van der Waals surface area contributed by atoms with Crippen LogP contribution in [0.5, 0.6) is 11.5 Å². The topological polar surface area (TPSA) is 74.1 Å². The minimum absolute atomic E-state index is 0.302. The maximum atomic E-state index is 5.58. The molecule has 2 heterocycles. The second-order valence-electron chi connectivity index (χ2n) is 9.15. The molecule has 34 heavy (non-hydrogen) atoms. The summed E-state index contributed by atoms with van der Waals surface area (Å²) in [7, 11) is 5.26. The van der Waals surface area contributed by atoms with Gasteiger partial charge < -0.3 is 14.8 Å². The van der Waals surface area contributed by atoms with Crippen LogP contribution in [0.15, 0.2) is 55.0 Å². The second kappa shape index (κ2) is 9.81. The van der Waals surface area contributed by atoms with Crippen LogP contribution in [0, 0.1) is 0 Å². The van der Waals surface area contributed by atoms with Gasteiger partial charge in [-0.15, -0.1) is 0 Å². The number of rotatable bonds is 9. The maximum absolute atomic E-state index is 5.58. The monoisotopic (exact) mass is 459 g/mol. The zero-order valence-electron chi connectivity index (χ0n) is 20.8. The van der Waals surface area contributed by atoms with Crippen LogP contribution in [0.25, 0.3) is 22.3 Å². The number of aromatic nitrogens is 4. The number of benzene rings is 2. The Hall–Kier alpha value is -3.45. The summed E-state index contributed by atoms with van der Waals surface area (Å²) in [6, 6.07) is 12.9. The molecule has 0 saturated carbocycles. The lowest BCUT2D eigenvalue weighted by Gasteiger charge is -2.32. The summed E-state index contributed by atoms with van der Waals surface area (Å²) in [5, 5.41) is 7.84. The van der Waals surface area contributed by atoms with Crippen LogP contribution in [0.4, 0.5) is 0 Å². The predicted octanol–water partition coefficient (Wildman–Crippen LogP) is 4.74. The summed E-state index contributed by atoms with van der Waals surface area (Å²) in [4.78, 5) is 9.57. The molecule has 0 radical (unpaired) electrons. The van der Waals surface area contributed by atoms with E-state index in [1.165, 1.54) is 5.56 Å². The fourth-order valence-corrected chi connectivity index (χ4v) is 4.24. The summed E-state index contributed by atoms with van der Waals surface area (Å²) < 4.78 is 12.9. The van der Waals surface area contributed by atoms with Crippen LogP contribution < -0.4 is 14.8 Å². The average Bonchev–Trinajstić information content (AvgIpc) is 3.28. The van der Waals surface area contributed by atoms with Crippen molar-refractivity contribution in [3.8, 4) is 22.8 Å². The van der Waals surface area contributed by atoms with E-state index in [-0.39, 0.29) is 5.41 Å². The van der Waals surface area contributed by atoms with Crippen molar-refractivity contribution >= 4 is 11.0 Å². The van der Waals surface area contributed by atoms with Crippen molar-refractivity contribution in [1.29, 1.82) is 0 Å². The molecule has 0 saturated heterocycles. The first kappa shape index (κ1) is 23.7. The maximum Gasteiger partial charge on any atom is 0.122 e. The Morgan fingerprint density at radius 2 is 1.71 bits per heavy atom. The highest BCUT2D eigenvalue weighted by Crippen LogP contribution is 2.39. The Morgan fingerprint density at radius 3 is 2.32 bits per heavy atom. The van der Waals surface area contributed by atoms with Crippen molar-refractivity contribution in [3.63, 3.8) is 0 Å². The van der Waals surface area contributed by atoms with Crippen LogP contribution in [0.2, 0.25) is 0 Å². The van der Waals surface area contributed by atoms with Crippen molar-refractivity contribution in [1.82, 2.24) is 25.1 Å². The number of aryl methyl sites for hydroxylation is 1. The van der Waals surface area contributed by atoms with Gasteiger partial charge in [0.2, 0.25) is 0 Å². The van der Waals surface area contributed by atoms with Gasteiger partial charge in [-0.05, 0) is 48.4 Å². The highest BCUT2D eigenvalue weighted by Gasteiger charge is 2.30. The average molecular weight is 460 g/mol. The van der Waals surface area contributed by atoms with E-state index >= 15 is 0 Å². The third-order valence-electron chi connectivity index (χ3n) is 6.35.